The summed E-state index contributed by atoms with van der Waals surface area (Å²) < 4.78 is 48.0. The fourth-order valence-corrected chi connectivity index (χ4v) is 2.88. The SMILES string of the molecule is CN(C)CCn1c(=O)oc2ccc(NC(=O)c3cnc(OCC(F)(F)F)c(Cl)c3)cc21. The molecule has 0 aliphatic rings. The highest BCUT2D eigenvalue weighted by Gasteiger charge is 2.29. The smallest absolute Gasteiger partial charge is 0.422 e. The monoisotopic (exact) mass is 458 g/mol. The van der Waals surface area contributed by atoms with Crippen molar-refractivity contribution in [1.82, 2.24) is 14.5 Å². The Bertz CT molecular complexity index is 1160. The van der Waals surface area contributed by atoms with E-state index in [0.29, 0.717) is 29.9 Å². The van der Waals surface area contributed by atoms with Crippen molar-refractivity contribution in [1.29, 1.82) is 0 Å². The molecule has 2 heterocycles. The van der Waals surface area contributed by atoms with Crippen LogP contribution in [0.3, 0.4) is 0 Å². The minimum atomic E-state index is -4.54. The second kappa shape index (κ2) is 8.98. The van der Waals surface area contributed by atoms with Gasteiger partial charge in [0, 0.05) is 25.0 Å². The summed E-state index contributed by atoms with van der Waals surface area (Å²) in [7, 11) is 3.75. The van der Waals surface area contributed by atoms with Crippen LogP contribution in [-0.2, 0) is 6.54 Å². The number of hydrogen-bond donors (Lipinski definition) is 1. The number of fused-ring (bicyclic) bond motifs is 1. The summed E-state index contributed by atoms with van der Waals surface area (Å²) in [6.07, 6.45) is -3.49. The number of aromatic nitrogens is 2. The summed E-state index contributed by atoms with van der Waals surface area (Å²) in [5.41, 5.74) is 1.28. The van der Waals surface area contributed by atoms with Crippen LogP contribution in [-0.4, -0.2) is 53.8 Å². The third kappa shape index (κ3) is 5.76. The van der Waals surface area contributed by atoms with Crippen molar-refractivity contribution in [3.8, 4) is 5.88 Å². The molecule has 0 fully saturated rings. The molecule has 0 saturated heterocycles. The molecular formula is C19H18ClF3N4O4. The predicted octanol–water partition coefficient (Wildman–Crippen LogP) is 3.40. The van der Waals surface area contributed by atoms with Gasteiger partial charge >= 0.3 is 11.9 Å². The van der Waals surface area contributed by atoms with E-state index in [1.807, 2.05) is 19.0 Å². The molecule has 2 aromatic heterocycles. The maximum atomic E-state index is 12.5. The number of pyridine rings is 1. The Labute approximate surface area is 179 Å². The number of likely N-dealkylation sites (N-methyl/N-ethyl adjacent to an activating group) is 1. The summed E-state index contributed by atoms with van der Waals surface area (Å²) in [6, 6.07) is 5.84. The summed E-state index contributed by atoms with van der Waals surface area (Å²) >= 11 is 5.88. The number of amides is 1. The zero-order chi connectivity index (χ0) is 22.8. The van der Waals surface area contributed by atoms with Crippen LogP contribution in [0.2, 0.25) is 5.02 Å². The first-order valence-corrected chi connectivity index (χ1v) is 9.36. The molecule has 0 bridgehead atoms. The highest BCUT2D eigenvalue weighted by molar-refractivity contribution is 6.32. The zero-order valence-electron chi connectivity index (χ0n) is 16.5. The number of rotatable bonds is 7. The van der Waals surface area contributed by atoms with Gasteiger partial charge in [0.05, 0.1) is 11.1 Å². The van der Waals surface area contributed by atoms with Crippen molar-refractivity contribution in [2.45, 2.75) is 12.7 Å². The van der Waals surface area contributed by atoms with Gasteiger partial charge in [-0.2, -0.15) is 13.2 Å². The Morgan fingerprint density at radius 3 is 2.71 bits per heavy atom. The maximum Gasteiger partial charge on any atom is 0.422 e. The first kappa shape index (κ1) is 22.6. The van der Waals surface area contributed by atoms with Crippen molar-refractivity contribution in [3.63, 3.8) is 0 Å². The second-order valence-electron chi connectivity index (χ2n) is 6.87. The Morgan fingerprint density at radius 2 is 2.06 bits per heavy atom. The molecule has 166 valence electrons. The van der Waals surface area contributed by atoms with E-state index >= 15 is 0 Å². The molecule has 1 N–H and O–H groups in total. The van der Waals surface area contributed by atoms with Crippen LogP contribution < -0.4 is 15.8 Å². The van der Waals surface area contributed by atoms with Crippen LogP contribution in [0.1, 0.15) is 10.4 Å². The highest BCUT2D eigenvalue weighted by Crippen LogP contribution is 2.26. The first-order valence-electron chi connectivity index (χ1n) is 8.98. The molecule has 12 heteroatoms. The Hall–Kier alpha value is -3.05. The van der Waals surface area contributed by atoms with E-state index in [1.54, 1.807) is 18.2 Å². The van der Waals surface area contributed by atoms with E-state index in [4.69, 9.17) is 16.0 Å². The van der Waals surface area contributed by atoms with Crippen molar-refractivity contribution >= 4 is 34.3 Å². The summed E-state index contributed by atoms with van der Waals surface area (Å²) in [5.74, 6) is -1.53. The highest BCUT2D eigenvalue weighted by atomic mass is 35.5. The Balaban J connectivity index is 1.77. The van der Waals surface area contributed by atoms with E-state index in [9.17, 15) is 22.8 Å². The zero-order valence-corrected chi connectivity index (χ0v) is 17.3. The van der Waals surface area contributed by atoms with Crippen molar-refractivity contribution in [2.75, 3.05) is 32.6 Å². The number of alkyl halides is 3. The lowest BCUT2D eigenvalue weighted by Crippen LogP contribution is -2.23. The standard InChI is InChI=1S/C19H18ClF3N4O4/c1-26(2)5-6-27-14-8-12(3-4-15(14)31-18(27)29)25-16(28)11-7-13(20)17(24-9-11)30-10-19(21,22)23/h3-4,7-9H,5-6,10H2,1-2H3,(H,25,28). The molecule has 0 saturated carbocycles. The number of halogens is 4. The summed E-state index contributed by atoms with van der Waals surface area (Å²) in [6.45, 7) is -0.543. The molecule has 0 radical (unpaired) electrons. The average Bonchev–Trinajstić information content (AvgIpc) is 2.99. The number of ether oxygens (including phenoxy) is 1. The molecule has 8 nitrogen and oxygen atoms in total. The van der Waals surface area contributed by atoms with Gasteiger partial charge in [-0.25, -0.2) is 9.78 Å². The molecule has 31 heavy (non-hydrogen) atoms. The van der Waals surface area contributed by atoms with Crippen LogP contribution in [0.5, 0.6) is 5.88 Å². The minimum absolute atomic E-state index is 0.0154. The van der Waals surface area contributed by atoms with E-state index in [-0.39, 0.29) is 10.6 Å². The van der Waals surface area contributed by atoms with Gasteiger partial charge in [0.25, 0.3) is 5.91 Å². The fraction of sp³-hybridized carbons (Fsp3) is 0.316. The van der Waals surface area contributed by atoms with Gasteiger partial charge in [-0.05, 0) is 38.4 Å². The van der Waals surface area contributed by atoms with Crippen LogP contribution in [0.25, 0.3) is 11.1 Å². The number of nitrogens with one attached hydrogen (secondary N) is 1. The molecule has 3 rings (SSSR count). The van der Waals surface area contributed by atoms with Crippen LogP contribution in [0.4, 0.5) is 18.9 Å². The lowest BCUT2D eigenvalue weighted by Gasteiger charge is -2.11. The van der Waals surface area contributed by atoms with Gasteiger partial charge < -0.3 is 19.4 Å². The Kier molecular flexibility index (Phi) is 6.56. The topological polar surface area (TPSA) is 89.6 Å². The van der Waals surface area contributed by atoms with E-state index in [0.717, 1.165) is 12.3 Å². The van der Waals surface area contributed by atoms with E-state index in [2.05, 4.69) is 15.0 Å². The predicted molar refractivity (Wildman–Crippen MR) is 108 cm³/mol. The van der Waals surface area contributed by atoms with Gasteiger partial charge in [-0.15, -0.1) is 0 Å². The van der Waals surface area contributed by atoms with Gasteiger partial charge in [0.15, 0.2) is 12.2 Å². The fourth-order valence-electron chi connectivity index (χ4n) is 2.66. The number of benzene rings is 1. The lowest BCUT2D eigenvalue weighted by atomic mass is 10.2. The van der Waals surface area contributed by atoms with Crippen molar-refractivity contribution < 1.29 is 27.1 Å². The van der Waals surface area contributed by atoms with E-state index in [1.165, 1.54) is 4.57 Å². The van der Waals surface area contributed by atoms with Gasteiger partial charge in [0.2, 0.25) is 5.88 Å². The number of anilines is 1. The number of carbonyl (C=O) groups is 1. The number of oxazole rings is 1. The van der Waals surface area contributed by atoms with Crippen LogP contribution in [0.15, 0.2) is 39.7 Å². The van der Waals surface area contributed by atoms with Gasteiger partial charge in [-0.3, -0.25) is 9.36 Å². The molecule has 1 amide bonds. The van der Waals surface area contributed by atoms with Crippen molar-refractivity contribution in [2.24, 2.45) is 0 Å². The second-order valence-corrected chi connectivity index (χ2v) is 7.28. The largest absolute Gasteiger partial charge is 0.467 e. The number of nitrogens with zero attached hydrogens (tertiary/aromatic N) is 3. The first-order chi connectivity index (χ1) is 14.5. The maximum absolute atomic E-state index is 12.5. The molecule has 1 aromatic carbocycles. The van der Waals surface area contributed by atoms with Gasteiger partial charge in [0.1, 0.15) is 5.02 Å². The molecule has 0 unspecified atom stereocenters. The third-order valence-corrected chi connectivity index (χ3v) is 4.41. The van der Waals surface area contributed by atoms with Crippen LogP contribution >= 0.6 is 11.6 Å². The number of carbonyl (C=O) groups excluding carboxylic acids is 1. The molecular weight excluding hydrogens is 441 g/mol. The normalized spacial score (nSPS) is 11.8. The van der Waals surface area contributed by atoms with E-state index < -0.39 is 30.3 Å². The minimum Gasteiger partial charge on any atom is -0.467 e. The molecule has 0 aliphatic carbocycles. The van der Waals surface area contributed by atoms with Gasteiger partial charge in [-0.1, -0.05) is 11.6 Å². The quantitative estimate of drug-likeness (QED) is 0.583. The summed E-state index contributed by atoms with van der Waals surface area (Å²) in [5, 5.41) is 2.39. The number of hydrogen-bond acceptors (Lipinski definition) is 6. The molecule has 0 spiro atoms. The van der Waals surface area contributed by atoms with Crippen molar-refractivity contribution in [3.05, 3.63) is 51.6 Å². The molecule has 0 aliphatic heterocycles. The molecule has 3 aromatic rings. The lowest BCUT2D eigenvalue weighted by molar-refractivity contribution is -0.154. The summed E-state index contributed by atoms with van der Waals surface area (Å²) in [4.78, 5) is 30.2. The van der Waals surface area contributed by atoms with Crippen LogP contribution in [0, 0.1) is 0 Å². The molecule has 0 atom stereocenters. The average molecular weight is 459 g/mol. The third-order valence-electron chi connectivity index (χ3n) is 4.14. The Morgan fingerprint density at radius 1 is 1.32 bits per heavy atom.